The highest BCUT2D eigenvalue weighted by molar-refractivity contribution is 7.20. The van der Waals surface area contributed by atoms with Crippen LogP contribution in [0.5, 0.6) is 0 Å². The summed E-state index contributed by atoms with van der Waals surface area (Å²) in [6, 6.07) is 8.17. The number of hydrogen-bond acceptors (Lipinski definition) is 4. The SMILES string of the molecule is Cc1ccc2cc(C3=NC(C4CCCC4)C(=O)O3)sc2c1. The van der Waals surface area contributed by atoms with Crippen molar-refractivity contribution in [3.63, 3.8) is 0 Å². The molecule has 1 aromatic carbocycles. The minimum Gasteiger partial charge on any atom is -0.405 e. The van der Waals surface area contributed by atoms with Gasteiger partial charge in [-0.1, -0.05) is 25.0 Å². The Morgan fingerprint density at radius 3 is 2.86 bits per heavy atom. The third-order valence-corrected chi connectivity index (χ3v) is 5.51. The number of ether oxygens (including phenoxy) is 1. The summed E-state index contributed by atoms with van der Waals surface area (Å²) < 4.78 is 6.67. The Hall–Kier alpha value is -1.68. The van der Waals surface area contributed by atoms with Crippen LogP contribution in [0, 0.1) is 12.8 Å². The molecule has 4 heteroatoms. The van der Waals surface area contributed by atoms with Gasteiger partial charge in [-0.3, -0.25) is 0 Å². The molecule has 1 aliphatic heterocycles. The lowest BCUT2D eigenvalue weighted by atomic mass is 9.99. The molecule has 1 saturated carbocycles. The first kappa shape index (κ1) is 13.0. The van der Waals surface area contributed by atoms with E-state index in [2.05, 4.69) is 36.2 Å². The summed E-state index contributed by atoms with van der Waals surface area (Å²) in [5.41, 5.74) is 1.24. The number of aryl methyl sites for hydroxylation is 1. The molecule has 0 radical (unpaired) electrons. The van der Waals surface area contributed by atoms with Crippen LogP contribution in [-0.2, 0) is 9.53 Å². The second-order valence-electron chi connectivity index (χ2n) is 6.00. The van der Waals surface area contributed by atoms with Crippen molar-refractivity contribution < 1.29 is 9.53 Å². The summed E-state index contributed by atoms with van der Waals surface area (Å²) in [5.74, 6) is 0.743. The molecule has 3 nitrogen and oxygen atoms in total. The third-order valence-electron chi connectivity index (χ3n) is 4.43. The van der Waals surface area contributed by atoms with Crippen molar-refractivity contribution in [1.29, 1.82) is 0 Å². The normalized spacial score (nSPS) is 22.8. The summed E-state index contributed by atoms with van der Waals surface area (Å²) in [5, 5.41) is 1.18. The first-order valence-corrected chi connectivity index (χ1v) is 8.32. The van der Waals surface area contributed by atoms with Crippen LogP contribution >= 0.6 is 11.3 Å². The van der Waals surface area contributed by atoms with Crippen molar-refractivity contribution in [3.8, 4) is 0 Å². The molecule has 0 bridgehead atoms. The van der Waals surface area contributed by atoms with Crippen LogP contribution in [-0.4, -0.2) is 17.9 Å². The molecule has 1 fully saturated rings. The monoisotopic (exact) mass is 299 g/mol. The lowest BCUT2D eigenvalue weighted by Gasteiger charge is -2.10. The van der Waals surface area contributed by atoms with Crippen LogP contribution in [0.25, 0.3) is 10.1 Å². The highest BCUT2D eigenvalue weighted by atomic mass is 32.1. The maximum Gasteiger partial charge on any atom is 0.338 e. The molecule has 1 unspecified atom stereocenters. The molecule has 21 heavy (non-hydrogen) atoms. The van der Waals surface area contributed by atoms with Gasteiger partial charge in [0.25, 0.3) is 0 Å². The maximum absolute atomic E-state index is 12.1. The number of carbonyl (C=O) groups is 1. The van der Waals surface area contributed by atoms with Crippen LogP contribution in [0.15, 0.2) is 29.3 Å². The smallest absolute Gasteiger partial charge is 0.338 e. The van der Waals surface area contributed by atoms with E-state index >= 15 is 0 Å². The topological polar surface area (TPSA) is 38.7 Å². The van der Waals surface area contributed by atoms with Crippen molar-refractivity contribution in [2.75, 3.05) is 0 Å². The number of thiophene rings is 1. The number of aliphatic imine (C=N–C) groups is 1. The average molecular weight is 299 g/mol. The third kappa shape index (κ3) is 2.27. The van der Waals surface area contributed by atoms with E-state index in [-0.39, 0.29) is 12.0 Å². The second kappa shape index (κ2) is 4.95. The molecule has 0 N–H and O–H groups in total. The van der Waals surface area contributed by atoms with E-state index in [1.165, 1.54) is 28.5 Å². The van der Waals surface area contributed by atoms with E-state index in [0.29, 0.717) is 11.8 Å². The Morgan fingerprint density at radius 1 is 1.24 bits per heavy atom. The number of fused-ring (bicyclic) bond motifs is 1. The lowest BCUT2D eigenvalue weighted by Crippen LogP contribution is -2.23. The van der Waals surface area contributed by atoms with E-state index in [4.69, 9.17) is 4.74 Å². The van der Waals surface area contributed by atoms with Gasteiger partial charge in [-0.15, -0.1) is 11.3 Å². The van der Waals surface area contributed by atoms with Crippen LogP contribution in [0.4, 0.5) is 0 Å². The van der Waals surface area contributed by atoms with Crippen LogP contribution in [0.2, 0.25) is 0 Å². The minimum atomic E-state index is -0.269. The summed E-state index contributed by atoms with van der Waals surface area (Å²) in [6.07, 6.45) is 4.62. The predicted molar refractivity (Wildman–Crippen MR) is 84.9 cm³/mol. The molecule has 4 rings (SSSR count). The first-order valence-electron chi connectivity index (χ1n) is 7.51. The molecule has 108 valence electrons. The van der Waals surface area contributed by atoms with Gasteiger partial charge in [-0.05, 0) is 48.8 Å². The molecule has 2 aromatic rings. The van der Waals surface area contributed by atoms with Gasteiger partial charge >= 0.3 is 5.97 Å². The zero-order valence-electron chi connectivity index (χ0n) is 12.0. The fourth-order valence-electron chi connectivity index (χ4n) is 3.29. The van der Waals surface area contributed by atoms with Gasteiger partial charge in [0.1, 0.15) is 0 Å². The quantitative estimate of drug-likeness (QED) is 0.784. The molecular weight excluding hydrogens is 282 g/mol. The molecule has 0 saturated heterocycles. The van der Waals surface area contributed by atoms with Crippen LogP contribution in [0.1, 0.15) is 36.1 Å². The van der Waals surface area contributed by atoms with E-state index in [1.807, 2.05) is 0 Å². The zero-order valence-corrected chi connectivity index (χ0v) is 12.8. The summed E-state index contributed by atoms with van der Waals surface area (Å²) in [4.78, 5) is 17.6. The Morgan fingerprint density at radius 2 is 2.05 bits per heavy atom. The van der Waals surface area contributed by atoms with Gasteiger partial charge in [0.05, 0.1) is 4.88 Å². The van der Waals surface area contributed by atoms with Gasteiger partial charge in [-0.25, -0.2) is 9.79 Å². The standard InChI is InChI=1S/C17H17NO2S/c1-10-6-7-12-9-14(21-13(12)8-10)16-18-15(17(19)20-16)11-4-2-3-5-11/h6-9,11,15H,2-5H2,1H3. The molecule has 0 spiro atoms. The average Bonchev–Trinajstić information content (AvgIpc) is 3.15. The minimum absolute atomic E-state index is 0.162. The van der Waals surface area contributed by atoms with Gasteiger partial charge in [0.2, 0.25) is 5.90 Å². The van der Waals surface area contributed by atoms with Crippen molar-refractivity contribution in [1.82, 2.24) is 0 Å². The van der Waals surface area contributed by atoms with Gasteiger partial charge in [-0.2, -0.15) is 0 Å². The Labute approximate surface area is 127 Å². The molecule has 2 aliphatic rings. The molecule has 1 atom stereocenters. The summed E-state index contributed by atoms with van der Waals surface area (Å²) >= 11 is 1.65. The Balaban J connectivity index is 1.68. The van der Waals surface area contributed by atoms with Gasteiger partial charge < -0.3 is 4.74 Å². The van der Waals surface area contributed by atoms with E-state index < -0.39 is 0 Å². The summed E-state index contributed by atoms with van der Waals surface area (Å²) in [7, 11) is 0. The largest absolute Gasteiger partial charge is 0.405 e. The van der Waals surface area contributed by atoms with Gasteiger partial charge in [0.15, 0.2) is 6.04 Å². The number of benzene rings is 1. The Kier molecular flexibility index (Phi) is 3.07. The van der Waals surface area contributed by atoms with Crippen molar-refractivity contribution in [2.24, 2.45) is 10.9 Å². The number of cyclic esters (lactones) is 1. The first-order chi connectivity index (χ1) is 10.2. The highest BCUT2D eigenvalue weighted by Crippen LogP contribution is 2.34. The van der Waals surface area contributed by atoms with Crippen molar-refractivity contribution in [3.05, 3.63) is 34.7 Å². The van der Waals surface area contributed by atoms with Crippen molar-refractivity contribution >= 4 is 33.3 Å². The predicted octanol–water partition coefficient (Wildman–Crippen LogP) is 4.07. The number of rotatable bonds is 2. The van der Waals surface area contributed by atoms with Crippen LogP contribution < -0.4 is 0 Å². The highest BCUT2D eigenvalue weighted by Gasteiger charge is 2.37. The van der Waals surface area contributed by atoms with E-state index in [9.17, 15) is 4.79 Å². The molecular formula is C17H17NO2S. The van der Waals surface area contributed by atoms with Crippen LogP contribution in [0.3, 0.4) is 0 Å². The lowest BCUT2D eigenvalue weighted by molar-refractivity contribution is -0.136. The molecule has 2 heterocycles. The number of nitrogens with zero attached hydrogens (tertiary/aromatic N) is 1. The fraction of sp³-hybridized carbons (Fsp3) is 0.412. The number of esters is 1. The summed E-state index contributed by atoms with van der Waals surface area (Å²) in [6.45, 7) is 2.09. The number of carbonyl (C=O) groups excluding carboxylic acids is 1. The van der Waals surface area contributed by atoms with Gasteiger partial charge in [0, 0.05) is 4.70 Å². The van der Waals surface area contributed by atoms with Crippen molar-refractivity contribution in [2.45, 2.75) is 38.6 Å². The molecule has 1 aromatic heterocycles. The van der Waals surface area contributed by atoms with E-state index in [1.54, 1.807) is 11.3 Å². The maximum atomic E-state index is 12.1. The zero-order chi connectivity index (χ0) is 14.4. The Bertz CT molecular complexity index is 740. The molecule has 1 aliphatic carbocycles. The molecule has 0 amide bonds. The van der Waals surface area contributed by atoms with E-state index in [0.717, 1.165) is 17.7 Å². The number of hydrogen-bond donors (Lipinski definition) is 0. The second-order valence-corrected chi connectivity index (χ2v) is 7.08. The fourth-order valence-corrected chi connectivity index (χ4v) is 4.38.